The number of aryl methyl sites for hydroxylation is 2. The second kappa shape index (κ2) is 4.10. The number of hydrogen-bond donors (Lipinski definition) is 1. The first-order chi connectivity index (χ1) is 9.68. The third-order valence-electron chi connectivity index (χ3n) is 4.63. The Bertz CT molecular complexity index is 690. The van der Waals surface area contributed by atoms with Crippen LogP contribution in [-0.4, -0.2) is 11.7 Å². The van der Waals surface area contributed by atoms with Crippen LogP contribution in [0.5, 0.6) is 5.75 Å². The summed E-state index contributed by atoms with van der Waals surface area (Å²) < 4.78 is 5.79. The molecule has 0 aromatic heterocycles. The highest BCUT2D eigenvalue weighted by molar-refractivity contribution is 5.54. The number of benzene rings is 2. The third-order valence-corrected chi connectivity index (χ3v) is 4.63. The lowest BCUT2D eigenvalue weighted by Crippen LogP contribution is -2.24. The molecule has 2 aliphatic rings. The van der Waals surface area contributed by atoms with Gasteiger partial charge in [-0.25, -0.2) is 0 Å². The van der Waals surface area contributed by atoms with Gasteiger partial charge in [0.1, 0.15) is 11.4 Å². The van der Waals surface area contributed by atoms with Crippen LogP contribution in [0.2, 0.25) is 0 Å². The summed E-state index contributed by atoms with van der Waals surface area (Å²) >= 11 is 0. The van der Waals surface area contributed by atoms with Crippen LogP contribution in [0.3, 0.4) is 0 Å². The molecule has 4 rings (SSSR count). The van der Waals surface area contributed by atoms with Crippen molar-refractivity contribution in [2.24, 2.45) is 0 Å². The van der Waals surface area contributed by atoms with Crippen LogP contribution in [0.4, 0.5) is 0 Å². The summed E-state index contributed by atoms with van der Waals surface area (Å²) in [7, 11) is 0. The second-order valence-electron chi connectivity index (χ2n) is 5.91. The lowest BCUT2D eigenvalue weighted by atomic mass is 9.85. The lowest BCUT2D eigenvalue weighted by Gasteiger charge is -2.26. The molecule has 2 aromatic carbocycles. The van der Waals surface area contributed by atoms with Gasteiger partial charge in [-0.15, -0.1) is 0 Å². The Balaban J connectivity index is 1.92. The predicted molar refractivity (Wildman–Crippen MR) is 78.1 cm³/mol. The second-order valence-corrected chi connectivity index (χ2v) is 5.91. The van der Waals surface area contributed by atoms with Crippen molar-refractivity contribution in [1.29, 1.82) is 0 Å². The van der Waals surface area contributed by atoms with Crippen molar-refractivity contribution in [1.82, 2.24) is 0 Å². The molecule has 2 nitrogen and oxygen atoms in total. The first-order valence-corrected chi connectivity index (χ1v) is 7.26. The highest BCUT2D eigenvalue weighted by atomic mass is 16.5. The van der Waals surface area contributed by atoms with Crippen molar-refractivity contribution in [2.75, 3.05) is 6.61 Å². The van der Waals surface area contributed by atoms with Gasteiger partial charge in [-0.1, -0.05) is 42.0 Å². The van der Waals surface area contributed by atoms with Crippen LogP contribution in [0.1, 0.15) is 34.2 Å². The molecule has 102 valence electrons. The van der Waals surface area contributed by atoms with E-state index >= 15 is 0 Å². The van der Waals surface area contributed by atoms with Gasteiger partial charge < -0.3 is 9.84 Å². The van der Waals surface area contributed by atoms with Gasteiger partial charge in [0, 0.05) is 12.0 Å². The maximum Gasteiger partial charge on any atom is 0.129 e. The Hall–Kier alpha value is -1.80. The van der Waals surface area contributed by atoms with E-state index in [0.717, 1.165) is 42.7 Å². The van der Waals surface area contributed by atoms with Crippen LogP contribution in [0.25, 0.3) is 0 Å². The summed E-state index contributed by atoms with van der Waals surface area (Å²) in [5.74, 6) is 0.907. The Morgan fingerprint density at radius 1 is 1.05 bits per heavy atom. The Kier molecular flexibility index (Phi) is 2.45. The van der Waals surface area contributed by atoms with E-state index < -0.39 is 5.60 Å². The van der Waals surface area contributed by atoms with Gasteiger partial charge in [-0.2, -0.15) is 0 Å². The van der Waals surface area contributed by atoms with Gasteiger partial charge in [-0.3, -0.25) is 0 Å². The van der Waals surface area contributed by atoms with Crippen molar-refractivity contribution in [3.8, 4) is 5.75 Å². The lowest BCUT2D eigenvalue weighted by molar-refractivity contribution is 0.0798. The van der Waals surface area contributed by atoms with Crippen LogP contribution < -0.4 is 4.74 Å². The molecule has 0 saturated carbocycles. The molecular formula is C18H18O2. The number of rotatable bonds is 1. The van der Waals surface area contributed by atoms with Crippen molar-refractivity contribution < 1.29 is 9.84 Å². The minimum atomic E-state index is -0.892. The van der Waals surface area contributed by atoms with E-state index in [2.05, 4.69) is 31.2 Å². The average molecular weight is 266 g/mol. The SMILES string of the molecule is Cc1ccc2c(c1)C(O)(c1cccc3c1OCC3)CC2. The van der Waals surface area contributed by atoms with Crippen LogP contribution in [0, 0.1) is 6.92 Å². The fourth-order valence-electron chi connectivity index (χ4n) is 3.56. The zero-order valence-electron chi connectivity index (χ0n) is 11.6. The van der Waals surface area contributed by atoms with E-state index in [1.165, 1.54) is 16.7 Å². The summed E-state index contributed by atoms with van der Waals surface area (Å²) in [4.78, 5) is 0. The molecule has 1 N–H and O–H groups in total. The normalized spacial score (nSPS) is 23.3. The molecule has 20 heavy (non-hydrogen) atoms. The molecule has 1 aliphatic carbocycles. The first-order valence-electron chi connectivity index (χ1n) is 7.26. The molecular weight excluding hydrogens is 248 g/mol. The van der Waals surface area contributed by atoms with Gasteiger partial charge >= 0.3 is 0 Å². The highest BCUT2D eigenvalue weighted by Crippen LogP contribution is 2.47. The standard InChI is InChI=1S/C18H18O2/c1-12-5-6-13-7-9-18(19,16(13)11-12)15-4-2-3-14-8-10-20-17(14)15/h2-6,11,19H,7-10H2,1H3. The van der Waals surface area contributed by atoms with Gasteiger partial charge in [0.25, 0.3) is 0 Å². The van der Waals surface area contributed by atoms with E-state index in [9.17, 15) is 5.11 Å². The zero-order valence-corrected chi connectivity index (χ0v) is 11.6. The smallest absolute Gasteiger partial charge is 0.129 e. The van der Waals surface area contributed by atoms with Crippen molar-refractivity contribution in [3.05, 3.63) is 64.2 Å². The molecule has 0 amide bonds. The number of ether oxygens (including phenoxy) is 1. The summed E-state index contributed by atoms with van der Waals surface area (Å²) in [6.45, 7) is 2.80. The minimum absolute atomic E-state index is 0.725. The van der Waals surface area contributed by atoms with Crippen LogP contribution in [0.15, 0.2) is 36.4 Å². The van der Waals surface area contributed by atoms with E-state index in [-0.39, 0.29) is 0 Å². The molecule has 1 unspecified atom stereocenters. The molecule has 2 heteroatoms. The number of fused-ring (bicyclic) bond motifs is 2. The molecule has 2 aromatic rings. The topological polar surface area (TPSA) is 29.5 Å². The highest BCUT2D eigenvalue weighted by Gasteiger charge is 2.41. The Morgan fingerprint density at radius 3 is 2.85 bits per heavy atom. The van der Waals surface area contributed by atoms with Crippen molar-refractivity contribution in [2.45, 2.75) is 31.8 Å². The van der Waals surface area contributed by atoms with E-state index in [1.807, 2.05) is 12.1 Å². The van der Waals surface area contributed by atoms with Gasteiger partial charge in [0.05, 0.1) is 6.61 Å². The molecule has 1 aliphatic heterocycles. The van der Waals surface area contributed by atoms with E-state index in [1.54, 1.807) is 0 Å². The van der Waals surface area contributed by atoms with Gasteiger partial charge in [0.15, 0.2) is 0 Å². The summed E-state index contributed by atoms with van der Waals surface area (Å²) in [6.07, 6.45) is 2.61. The predicted octanol–water partition coefficient (Wildman–Crippen LogP) is 3.11. The molecule has 0 saturated heterocycles. The molecule has 1 heterocycles. The maximum atomic E-state index is 11.3. The quantitative estimate of drug-likeness (QED) is 0.859. The van der Waals surface area contributed by atoms with Gasteiger partial charge in [-0.05, 0) is 36.5 Å². The largest absolute Gasteiger partial charge is 0.493 e. The molecule has 0 radical (unpaired) electrons. The van der Waals surface area contributed by atoms with Crippen LogP contribution >= 0.6 is 0 Å². The number of aliphatic hydroxyl groups is 1. The molecule has 0 spiro atoms. The third kappa shape index (κ3) is 1.55. The molecule has 0 fully saturated rings. The van der Waals surface area contributed by atoms with Crippen LogP contribution in [-0.2, 0) is 18.4 Å². The first kappa shape index (κ1) is 12.0. The Labute approximate surface area is 119 Å². The summed E-state index contributed by atoms with van der Waals surface area (Å²) in [5, 5.41) is 11.3. The average Bonchev–Trinajstić information content (AvgIpc) is 3.04. The van der Waals surface area contributed by atoms with Gasteiger partial charge in [0.2, 0.25) is 0 Å². The van der Waals surface area contributed by atoms with Crippen molar-refractivity contribution in [3.63, 3.8) is 0 Å². The fraction of sp³-hybridized carbons (Fsp3) is 0.333. The number of para-hydroxylation sites is 1. The monoisotopic (exact) mass is 266 g/mol. The van der Waals surface area contributed by atoms with E-state index in [4.69, 9.17) is 4.74 Å². The fourth-order valence-corrected chi connectivity index (χ4v) is 3.56. The molecule has 0 bridgehead atoms. The van der Waals surface area contributed by atoms with Crippen molar-refractivity contribution >= 4 is 0 Å². The van der Waals surface area contributed by atoms with E-state index in [0.29, 0.717) is 0 Å². The summed E-state index contributed by atoms with van der Waals surface area (Å²) in [6, 6.07) is 12.5. The maximum absolute atomic E-state index is 11.3. The molecule has 1 atom stereocenters. The summed E-state index contributed by atoms with van der Waals surface area (Å²) in [5.41, 5.74) is 4.78. The zero-order chi connectivity index (χ0) is 13.7. The minimum Gasteiger partial charge on any atom is -0.493 e. The Morgan fingerprint density at radius 2 is 1.95 bits per heavy atom. The number of hydrogen-bond acceptors (Lipinski definition) is 2.